The van der Waals surface area contributed by atoms with E-state index in [0.29, 0.717) is 24.3 Å². The van der Waals surface area contributed by atoms with Crippen LogP contribution >= 0.6 is 15.9 Å². The molecule has 1 fully saturated rings. The van der Waals surface area contributed by atoms with Gasteiger partial charge in [0, 0.05) is 36.2 Å². The maximum atomic E-state index is 12.7. The lowest BCUT2D eigenvalue weighted by atomic mass is 10.1. The summed E-state index contributed by atoms with van der Waals surface area (Å²) in [4.78, 5) is 16.8. The summed E-state index contributed by atoms with van der Waals surface area (Å²) in [6.07, 6.45) is 3.28. The monoisotopic (exact) mass is 426 g/mol. The SMILES string of the molecule is Nc1cc(-n2cnnc2)ccc1N1CCN(C(=O)c2cccc(Br)c2)CC1. The van der Waals surface area contributed by atoms with Gasteiger partial charge in [-0.15, -0.1) is 10.2 Å². The molecular weight excluding hydrogens is 408 g/mol. The van der Waals surface area contributed by atoms with Crippen LogP contribution in [0.4, 0.5) is 11.4 Å². The van der Waals surface area contributed by atoms with E-state index >= 15 is 0 Å². The standard InChI is InChI=1S/C19H19BrN6O/c20-15-3-1-2-14(10-15)19(27)25-8-6-24(7-9-25)18-5-4-16(11-17(18)21)26-12-22-23-13-26/h1-5,10-13H,6-9,21H2. The van der Waals surface area contributed by atoms with Gasteiger partial charge in [0.25, 0.3) is 5.91 Å². The molecule has 2 heterocycles. The predicted molar refractivity (Wildman–Crippen MR) is 108 cm³/mol. The minimum absolute atomic E-state index is 0.0619. The van der Waals surface area contributed by atoms with Crippen LogP contribution in [0.3, 0.4) is 0 Å². The largest absolute Gasteiger partial charge is 0.397 e. The van der Waals surface area contributed by atoms with Crippen LogP contribution in [0.2, 0.25) is 0 Å². The molecule has 0 atom stereocenters. The highest BCUT2D eigenvalue weighted by molar-refractivity contribution is 9.10. The van der Waals surface area contributed by atoms with Crippen LogP contribution in [0.25, 0.3) is 5.69 Å². The van der Waals surface area contributed by atoms with E-state index in [1.807, 2.05) is 51.9 Å². The maximum absolute atomic E-state index is 12.7. The van der Waals surface area contributed by atoms with Gasteiger partial charge in [0.1, 0.15) is 12.7 Å². The number of hydrogen-bond acceptors (Lipinski definition) is 5. The van der Waals surface area contributed by atoms with Gasteiger partial charge in [-0.25, -0.2) is 0 Å². The molecule has 7 nitrogen and oxygen atoms in total. The quantitative estimate of drug-likeness (QED) is 0.650. The second kappa shape index (κ2) is 7.40. The summed E-state index contributed by atoms with van der Waals surface area (Å²) in [7, 11) is 0. The summed E-state index contributed by atoms with van der Waals surface area (Å²) in [5.41, 5.74) is 9.59. The van der Waals surface area contributed by atoms with Crippen LogP contribution in [-0.4, -0.2) is 51.8 Å². The summed E-state index contributed by atoms with van der Waals surface area (Å²) in [6.45, 7) is 2.82. The van der Waals surface area contributed by atoms with Crippen molar-refractivity contribution < 1.29 is 4.79 Å². The van der Waals surface area contributed by atoms with E-state index < -0.39 is 0 Å². The number of carbonyl (C=O) groups is 1. The molecule has 0 saturated carbocycles. The van der Waals surface area contributed by atoms with Crippen molar-refractivity contribution >= 4 is 33.2 Å². The maximum Gasteiger partial charge on any atom is 0.254 e. The number of piperazine rings is 1. The van der Waals surface area contributed by atoms with E-state index in [9.17, 15) is 4.79 Å². The number of aromatic nitrogens is 3. The zero-order valence-electron chi connectivity index (χ0n) is 14.6. The van der Waals surface area contributed by atoms with Gasteiger partial charge in [0.15, 0.2) is 0 Å². The molecule has 0 spiro atoms. The third-order valence-electron chi connectivity index (χ3n) is 4.71. The lowest BCUT2D eigenvalue weighted by molar-refractivity contribution is 0.0747. The normalized spacial score (nSPS) is 14.4. The summed E-state index contributed by atoms with van der Waals surface area (Å²) in [5, 5.41) is 7.63. The molecule has 138 valence electrons. The highest BCUT2D eigenvalue weighted by Gasteiger charge is 2.23. The Bertz CT molecular complexity index is 951. The minimum atomic E-state index is 0.0619. The molecule has 2 N–H and O–H groups in total. The highest BCUT2D eigenvalue weighted by atomic mass is 79.9. The van der Waals surface area contributed by atoms with Gasteiger partial charge in [-0.05, 0) is 36.4 Å². The Kier molecular flexibility index (Phi) is 4.81. The summed E-state index contributed by atoms with van der Waals surface area (Å²) in [5.74, 6) is 0.0619. The van der Waals surface area contributed by atoms with E-state index in [1.165, 1.54) is 0 Å². The summed E-state index contributed by atoms with van der Waals surface area (Å²) >= 11 is 3.42. The van der Waals surface area contributed by atoms with Gasteiger partial charge >= 0.3 is 0 Å². The summed E-state index contributed by atoms with van der Waals surface area (Å²) < 4.78 is 2.72. The van der Waals surface area contributed by atoms with Gasteiger partial charge in [0.2, 0.25) is 0 Å². The molecule has 0 aliphatic carbocycles. The van der Waals surface area contributed by atoms with E-state index in [0.717, 1.165) is 28.9 Å². The second-order valence-electron chi connectivity index (χ2n) is 6.40. The Morgan fingerprint density at radius 2 is 1.74 bits per heavy atom. The predicted octanol–water partition coefficient (Wildman–Crippen LogP) is 2.57. The number of amides is 1. The Balaban J connectivity index is 1.44. The number of hydrogen-bond donors (Lipinski definition) is 1. The van der Waals surface area contributed by atoms with Crippen LogP contribution in [-0.2, 0) is 0 Å². The first kappa shape index (κ1) is 17.5. The molecule has 0 bridgehead atoms. The van der Waals surface area contributed by atoms with Gasteiger partial charge in [0.05, 0.1) is 17.1 Å². The average Bonchev–Trinajstić information content (AvgIpc) is 3.22. The molecule has 3 aromatic rings. The average molecular weight is 427 g/mol. The number of nitrogens with two attached hydrogens (primary N) is 1. The molecule has 1 aliphatic rings. The molecule has 4 rings (SSSR count). The zero-order valence-corrected chi connectivity index (χ0v) is 16.2. The second-order valence-corrected chi connectivity index (χ2v) is 7.32. The van der Waals surface area contributed by atoms with Gasteiger partial charge in [-0.3, -0.25) is 9.36 Å². The van der Waals surface area contributed by atoms with Crippen molar-refractivity contribution in [2.24, 2.45) is 0 Å². The molecule has 27 heavy (non-hydrogen) atoms. The fourth-order valence-electron chi connectivity index (χ4n) is 3.28. The molecule has 8 heteroatoms. The molecule has 1 aliphatic heterocycles. The van der Waals surface area contributed by atoms with Crippen molar-refractivity contribution in [3.05, 3.63) is 65.2 Å². The molecular formula is C19H19BrN6O. The van der Waals surface area contributed by atoms with Crippen molar-refractivity contribution in [3.8, 4) is 5.69 Å². The first-order valence-electron chi connectivity index (χ1n) is 8.66. The third-order valence-corrected chi connectivity index (χ3v) is 5.20. The minimum Gasteiger partial charge on any atom is -0.397 e. The van der Waals surface area contributed by atoms with Crippen LogP contribution in [0.1, 0.15) is 10.4 Å². The number of carbonyl (C=O) groups excluding carboxylic acids is 1. The smallest absolute Gasteiger partial charge is 0.254 e. The number of nitrogens with zero attached hydrogens (tertiary/aromatic N) is 5. The van der Waals surface area contributed by atoms with Gasteiger partial charge in [-0.1, -0.05) is 22.0 Å². The van der Waals surface area contributed by atoms with Gasteiger partial charge < -0.3 is 15.5 Å². The topological polar surface area (TPSA) is 80.3 Å². The van der Waals surface area contributed by atoms with Crippen LogP contribution in [0, 0.1) is 0 Å². The first-order chi connectivity index (χ1) is 13.1. The molecule has 1 amide bonds. The lowest BCUT2D eigenvalue weighted by Gasteiger charge is -2.36. The van der Waals surface area contributed by atoms with E-state index in [-0.39, 0.29) is 5.91 Å². The van der Waals surface area contributed by atoms with Crippen molar-refractivity contribution in [1.29, 1.82) is 0 Å². The molecule has 1 saturated heterocycles. The van der Waals surface area contributed by atoms with Gasteiger partial charge in [-0.2, -0.15) is 0 Å². The van der Waals surface area contributed by atoms with E-state index in [1.54, 1.807) is 12.7 Å². The van der Waals surface area contributed by atoms with Crippen molar-refractivity contribution in [2.75, 3.05) is 36.8 Å². The number of rotatable bonds is 3. The van der Waals surface area contributed by atoms with E-state index in [2.05, 4.69) is 31.0 Å². The highest BCUT2D eigenvalue weighted by Crippen LogP contribution is 2.27. The Hall–Kier alpha value is -2.87. The zero-order chi connectivity index (χ0) is 18.8. The lowest BCUT2D eigenvalue weighted by Crippen LogP contribution is -2.49. The Morgan fingerprint density at radius 3 is 2.41 bits per heavy atom. The van der Waals surface area contributed by atoms with E-state index in [4.69, 9.17) is 5.73 Å². The summed E-state index contributed by atoms with van der Waals surface area (Å²) in [6, 6.07) is 13.4. The molecule has 0 unspecified atom stereocenters. The molecule has 2 aromatic carbocycles. The van der Waals surface area contributed by atoms with Crippen LogP contribution in [0.15, 0.2) is 59.6 Å². The molecule has 1 aromatic heterocycles. The third kappa shape index (κ3) is 3.66. The number of anilines is 2. The Labute approximate surface area is 165 Å². The molecule has 0 radical (unpaired) electrons. The fraction of sp³-hybridized carbons (Fsp3) is 0.211. The van der Waals surface area contributed by atoms with Crippen LogP contribution < -0.4 is 10.6 Å². The number of nitrogen functional groups attached to an aromatic ring is 1. The Morgan fingerprint density at radius 1 is 1.00 bits per heavy atom. The van der Waals surface area contributed by atoms with Crippen molar-refractivity contribution in [2.45, 2.75) is 0 Å². The van der Waals surface area contributed by atoms with Crippen molar-refractivity contribution in [3.63, 3.8) is 0 Å². The van der Waals surface area contributed by atoms with Crippen molar-refractivity contribution in [1.82, 2.24) is 19.7 Å². The van der Waals surface area contributed by atoms with Crippen LogP contribution in [0.5, 0.6) is 0 Å². The first-order valence-corrected chi connectivity index (χ1v) is 9.45. The fourth-order valence-corrected chi connectivity index (χ4v) is 3.68. The number of halogens is 1. The number of benzene rings is 2.